The summed E-state index contributed by atoms with van der Waals surface area (Å²) in [7, 11) is 0.152. The maximum Gasteiger partial charge on any atom is 0.242 e. The highest BCUT2D eigenvalue weighted by atomic mass is 79.9. The fourth-order valence-corrected chi connectivity index (χ4v) is 3.59. The lowest BCUT2D eigenvalue weighted by Crippen LogP contribution is -2.37. The van der Waals surface area contributed by atoms with Crippen molar-refractivity contribution in [3.05, 3.63) is 22.7 Å². The highest BCUT2D eigenvalue weighted by Gasteiger charge is 2.20. The van der Waals surface area contributed by atoms with E-state index in [4.69, 9.17) is 5.73 Å². The molecule has 1 rings (SSSR count). The first-order valence-electron chi connectivity index (χ1n) is 5.47. The van der Waals surface area contributed by atoms with E-state index in [1.165, 1.54) is 0 Å². The van der Waals surface area contributed by atoms with E-state index in [0.717, 1.165) is 5.69 Å². The van der Waals surface area contributed by atoms with Gasteiger partial charge >= 0.3 is 0 Å². The number of halogens is 2. The smallest absolute Gasteiger partial charge is 0.242 e. The van der Waals surface area contributed by atoms with Gasteiger partial charge in [0.1, 0.15) is 0 Å². The summed E-state index contributed by atoms with van der Waals surface area (Å²) >= 11 is 3.26. The molecule has 0 aliphatic rings. The summed E-state index contributed by atoms with van der Waals surface area (Å²) in [6.07, 6.45) is 0. The average Bonchev–Trinajstić information content (AvgIpc) is 2.28. The Balaban J connectivity index is 0.00000324. The second kappa shape index (κ2) is 7.44. The Labute approximate surface area is 129 Å². The molecular weight excluding hydrogens is 354 g/mol. The van der Waals surface area contributed by atoms with Crippen LogP contribution in [0.4, 0.5) is 5.69 Å². The zero-order valence-electron chi connectivity index (χ0n) is 11.1. The summed E-state index contributed by atoms with van der Waals surface area (Å²) in [5.41, 5.74) is 6.25. The first-order chi connectivity index (χ1) is 8.27. The number of rotatable bonds is 5. The van der Waals surface area contributed by atoms with Crippen LogP contribution in [0.15, 0.2) is 27.6 Å². The van der Waals surface area contributed by atoms with Gasteiger partial charge in [-0.15, -0.1) is 12.4 Å². The molecule has 0 aliphatic carbocycles. The van der Waals surface area contributed by atoms with Gasteiger partial charge in [0.2, 0.25) is 10.0 Å². The van der Waals surface area contributed by atoms with Crippen molar-refractivity contribution in [2.24, 2.45) is 5.73 Å². The Morgan fingerprint density at radius 2 is 2.00 bits per heavy atom. The average molecular weight is 373 g/mol. The van der Waals surface area contributed by atoms with E-state index in [-0.39, 0.29) is 29.9 Å². The van der Waals surface area contributed by atoms with Crippen LogP contribution in [0, 0.1) is 0 Å². The van der Waals surface area contributed by atoms with Gasteiger partial charge in [-0.05, 0) is 41.1 Å². The molecule has 8 heteroatoms. The van der Waals surface area contributed by atoms with Crippen molar-refractivity contribution in [3.63, 3.8) is 0 Å². The molecule has 0 aliphatic heterocycles. The summed E-state index contributed by atoms with van der Waals surface area (Å²) in [6.45, 7) is 1.98. The second-order valence-corrected chi connectivity index (χ2v) is 6.80. The zero-order valence-corrected chi connectivity index (χ0v) is 14.3. The Morgan fingerprint density at radius 3 is 2.47 bits per heavy atom. The van der Waals surface area contributed by atoms with Crippen LogP contribution in [0.5, 0.6) is 0 Å². The van der Waals surface area contributed by atoms with E-state index in [1.807, 2.05) is 25.1 Å². The van der Waals surface area contributed by atoms with E-state index >= 15 is 0 Å². The number of hydrogen-bond acceptors (Lipinski definition) is 4. The zero-order chi connectivity index (χ0) is 13.9. The van der Waals surface area contributed by atoms with Gasteiger partial charge in [-0.3, -0.25) is 0 Å². The van der Waals surface area contributed by atoms with E-state index in [2.05, 4.69) is 20.7 Å². The van der Waals surface area contributed by atoms with Crippen molar-refractivity contribution in [3.8, 4) is 0 Å². The van der Waals surface area contributed by atoms with Crippen LogP contribution in [0.1, 0.15) is 6.92 Å². The Kier molecular flexibility index (Phi) is 7.31. The summed E-state index contributed by atoms with van der Waals surface area (Å²) in [5, 5.41) is 0. The number of nitrogens with two attached hydrogens (primary N) is 1. The molecule has 19 heavy (non-hydrogen) atoms. The molecule has 0 bridgehead atoms. The molecule has 3 N–H and O–H groups in total. The highest BCUT2D eigenvalue weighted by molar-refractivity contribution is 9.10. The maximum absolute atomic E-state index is 12.2. The number of nitrogens with zero attached hydrogens (tertiary/aromatic N) is 1. The molecule has 1 aromatic rings. The first kappa shape index (κ1) is 18.7. The first-order valence-corrected chi connectivity index (χ1v) is 7.75. The molecular formula is C11H19BrClN3O2S. The van der Waals surface area contributed by atoms with Gasteiger partial charge in [-0.1, -0.05) is 0 Å². The summed E-state index contributed by atoms with van der Waals surface area (Å²) in [5.74, 6) is 0. The van der Waals surface area contributed by atoms with E-state index in [1.54, 1.807) is 19.1 Å². The quantitative estimate of drug-likeness (QED) is 0.822. The van der Waals surface area contributed by atoms with Crippen molar-refractivity contribution in [2.75, 3.05) is 25.5 Å². The lowest BCUT2D eigenvalue weighted by atomic mass is 10.3. The molecule has 1 atom stereocenters. The normalized spacial score (nSPS) is 12.7. The third kappa shape index (κ3) is 4.92. The molecule has 1 aromatic carbocycles. The third-order valence-electron chi connectivity index (χ3n) is 2.43. The predicted octanol–water partition coefficient (Wildman–Crippen LogP) is 1.56. The molecule has 0 spiro atoms. The topological polar surface area (TPSA) is 75.4 Å². The minimum atomic E-state index is -3.56. The monoisotopic (exact) mass is 371 g/mol. The molecule has 0 saturated carbocycles. The third-order valence-corrected chi connectivity index (χ3v) is 5.01. The molecule has 0 aromatic heterocycles. The van der Waals surface area contributed by atoms with Gasteiger partial charge in [0.25, 0.3) is 0 Å². The highest BCUT2D eigenvalue weighted by Crippen LogP contribution is 2.26. The number of nitrogens with one attached hydrogen (secondary N) is 1. The number of anilines is 1. The minimum absolute atomic E-state index is 0. The number of sulfonamides is 1. The van der Waals surface area contributed by atoms with Crippen LogP contribution < -0.4 is 15.4 Å². The van der Waals surface area contributed by atoms with Gasteiger partial charge in [-0.2, -0.15) is 0 Å². The molecule has 0 fully saturated rings. The molecule has 5 nitrogen and oxygen atoms in total. The van der Waals surface area contributed by atoms with Crippen LogP contribution in [0.25, 0.3) is 0 Å². The van der Waals surface area contributed by atoms with Gasteiger partial charge in [0.05, 0.1) is 4.90 Å². The van der Waals surface area contributed by atoms with Crippen LogP contribution in [-0.4, -0.2) is 35.1 Å². The molecule has 0 heterocycles. The Morgan fingerprint density at radius 1 is 1.42 bits per heavy atom. The van der Waals surface area contributed by atoms with Crippen LogP contribution in [0.2, 0.25) is 0 Å². The SMILES string of the molecule is C[C@@H](CN)NS(=O)(=O)c1cc(N(C)C)ccc1Br.Cl. The number of hydrogen-bond donors (Lipinski definition) is 2. The summed E-state index contributed by atoms with van der Waals surface area (Å²) < 4.78 is 27.4. The van der Waals surface area contributed by atoms with Gasteiger partial charge in [0, 0.05) is 36.8 Å². The predicted molar refractivity (Wildman–Crippen MR) is 84.6 cm³/mol. The molecule has 0 unspecified atom stereocenters. The van der Waals surface area contributed by atoms with Crippen molar-refractivity contribution in [1.29, 1.82) is 0 Å². The lowest BCUT2D eigenvalue weighted by Gasteiger charge is -2.17. The standard InChI is InChI=1S/C11H18BrN3O2S.ClH/c1-8(7-13)14-18(16,17)11-6-9(15(2)3)4-5-10(11)12;/h4-6,8,14H,7,13H2,1-3H3;1H/t8-;/m0./s1. The fraction of sp³-hybridized carbons (Fsp3) is 0.455. The second-order valence-electron chi connectivity index (χ2n) is 4.27. The molecule has 0 saturated heterocycles. The Hall–Kier alpha value is -0.340. The van der Waals surface area contributed by atoms with Crippen LogP contribution in [0.3, 0.4) is 0 Å². The van der Waals surface area contributed by atoms with Crippen LogP contribution >= 0.6 is 28.3 Å². The fourth-order valence-electron chi connectivity index (χ4n) is 1.35. The van der Waals surface area contributed by atoms with Crippen molar-refractivity contribution in [1.82, 2.24) is 4.72 Å². The molecule has 0 amide bonds. The van der Waals surface area contributed by atoms with Crippen LogP contribution in [-0.2, 0) is 10.0 Å². The Bertz CT molecular complexity index is 523. The summed E-state index contributed by atoms with van der Waals surface area (Å²) in [4.78, 5) is 2.06. The van der Waals surface area contributed by atoms with Gasteiger partial charge in [0.15, 0.2) is 0 Å². The maximum atomic E-state index is 12.2. The van der Waals surface area contributed by atoms with Gasteiger partial charge < -0.3 is 10.6 Å². The van der Waals surface area contributed by atoms with E-state index in [0.29, 0.717) is 4.47 Å². The minimum Gasteiger partial charge on any atom is -0.378 e. The van der Waals surface area contributed by atoms with Gasteiger partial charge in [-0.25, -0.2) is 13.1 Å². The lowest BCUT2D eigenvalue weighted by molar-refractivity contribution is 0.562. The number of benzene rings is 1. The largest absolute Gasteiger partial charge is 0.378 e. The molecule has 0 radical (unpaired) electrons. The van der Waals surface area contributed by atoms with Crippen molar-refractivity contribution < 1.29 is 8.42 Å². The summed E-state index contributed by atoms with van der Waals surface area (Å²) in [6, 6.07) is 4.88. The van der Waals surface area contributed by atoms with E-state index in [9.17, 15) is 8.42 Å². The van der Waals surface area contributed by atoms with Crippen molar-refractivity contribution >= 4 is 44.0 Å². The molecule has 110 valence electrons. The van der Waals surface area contributed by atoms with Crippen molar-refractivity contribution in [2.45, 2.75) is 17.9 Å². The van der Waals surface area contributed by atoms with E-state index < -0.39 is 10.0 Å².